The van der Waals surface area contributed by atoms with Crippen molar-refractivity contribution in [2.75, 3.05) is 5.32 Å². The number of alkyl halides is 2. The summed E-state index contributed by atoms with van der Waals surface area (Å²) in [5.74, 6) is 0. The van der Waals surface area contributed by atoms with Gasteiger partial charge in [0, 0.05) is 5.69 Å². The first-order valence-corrected chi connectivity index (χ1v) is 5.83. The van der Waals surface area contributed by atoms with Crippen molar-refractivity contribution in [1.29, 1.82) is 0 Å². The maximum atomic E-state index is 12.6. The monoisotopic (exact) mass is 272 g/mol. The summed E-state index contributed by atoms with van der Waals surface area (Å²) in [6.07, 6.45) is -3.41. The second-order valence-electron chi connectivity index (χ2n) is 5.07. The van der Waals surface area contributed by atoms with Gasteiger partial charge in [0.05, 0.1) is 6.04 Å². The molecule has 1 unspecified atom stereocenters. The van der Waals surface area contributed by atoms with Crippen molar-refractivity contribution in [3.05, 3.63) is 29.8 Å². The fourth-order valence-electron chi connectivity index (χ4n) is 1.45. The molecule has 0 aliphatic rings. The van der Waals surface area contributed by atoms with Crippen LogP contribution in [0.2, 0.25) is 0 Å². The molecule has 0 radical (unpaired) electrons. The van der Waals surface area contributed by atoms with Crippen LogP contribution in [0.5, 0.6) is 0 Å². The standard InChI is InChI=1S/C13H18F2N2O2/c1-13(2,3)19-12(18)17-9-7-5-4-6-8(9)10(16)11(14)15/h4-7,10-11H,16H2,1-3H3,(H,17,18). The van der Waals surface area contributed by atoms with E-state index in [4.69, 9.17) is 10.5 Å². The molecule has 0 saturated heterocycles. The quantitative estimate of drug-likeness (QED) is 0.887. The lowest BCUT2D eigenvalue weighted by Crippen LogP contribution is -2.28. The minimum absolute atomic E-state index is 0.170. The van der Waals surface area contributed by atoms with Gasteiger partial charge in [-0.05, 0) is 32.4 Å². The lowest BCUT2D eigenvalue weighted by molar-refractivity contribution is 0.0634. The zero-order valence-corrected chi connectivity index (χ0v) is 11.1. The third kappa shape index (κ3) is 4.82. The van der Waals surface area contributed by atoms with Crippen LogP contribution in [0.15, 0.2) is 24.3 Å². The SMILES string of the molecule is CC(C)(C)OC(=O)Nc1ccccc1C(N)C(F)F. The maximum Gasteiger partial charge on any atom is 0.412 e. The predicted molar refractivity (Wildman–Crippen MR) is 69.2 cm³/mol. The number of para-hydroxylation sites is 1. The molecule has 0 aromatic heterocycles. The zero-order chi connectivity index (χ0) is 14.6. The number of carbonyl (C=O) groups excluding carboxylic acids is 1. The minimum atomic E-state index is -2.71. The van der Waals surface area contributed by atoms with E-state index in [0.717, 1.165) is 0 Å². The van der Waals surface area contributed by atoms with E-state index in [1.807, 2.05) is 0 Å². The summed E-state index contributed by atoms with van der Waals surface area (Å²) in [5.41, 5.74) is 5.13. The van der Waals surface area contributed by atoms with Crippen LogP contribution >= 0.6 is 0 Å². The van der Waals surface area contributed by atoms with Crippen LogP contribution in [0.25, 0.3) is 0 Å². The highest BCUT2D eigenvalue weighted by Crippen LogP contribution is 2.26. The van der Waals surface area contributed by atoms with Crippen LogP contribution < -0.4 is 11.1 Å². The molecule has 0 saturated carbocycles. The van der Waals surface area contributed by atoms with E-state index in [2.05, 4.69) is 5.32 Å². The van der Waals surface area contributed by atoms with Crippen LogP contribution in [0, 0.1) is 0 Å². The topological polar surface area (TPSA) is 64.3 Å². The Hall–Kier alpha value is -1.69. The molecular weight excluding hydrogens is 254 g/mol. The van der Waals surface area contributed by atoms with E-state index in [1.165, 1.54) is 12.1 Å². The van der Waals surface area contributed by atoms with Gasteiger partial charge in [-0.2, -0.15) is 0 Å². The third-order valence-corrected chi connectivity index (χ3v) is 2.23. The molecule has 0 fully saturated rings. The average molecular weight is 272 g/mol. The number of ether oxygens (including phenoxy) is 1. The summed E-state index contributed by atoms with van der Waals surface area (Å²) in [6.45, 7) is 5.14. The fourth-order valence-corrected chi connectivity index (χ4v) is 1.45. The average Bonchev–Trinajstić information content (AvgIpc) is 2.26. The van der Waals surface area contributed by atoms with Gasteiger partial charge in [-0.3, -0.25) is 5.32 Å². The Bertz CT molecular complexity index is 445. The van der Waals surface area contributed by atoms with Crippen molar-refractivity contribution >= 4 is 11.8 Å². The number of hydrogen-bond donors (Lipinski definition) is 2. The van der Waals surface area contributed by atoms with Gasteiger partial charge in [-0.25, -0.2) is 13.6 Å². The highest BCUT2D eigenvalue weighted by atomic mass is 19.3. The van der Waals surface area contributed by atoms with Gasteiger partial charge in [0.2, 0.25) is 0 Å². The van der Waals surface area contributed by atoms with Gasteiger partial charge in [0.25, 0.3) is 6.43 Å². The van der Waals surface area contributed by atoms with Crippen LogP contribution in [0.1, 0.15) is 32.4 Å². The zero-order valence-electron chi connectivity index (χ0n) is 11.1. The molecule has 106 valence electrons. The summed E-state index contributed by atoms with van der Waals surface area (Å²) in [5, 5.41) is 2.43. The van der Waals surface area contributed by atoms with Gasteiger partial charge < -0.3 is 10.5 Å². The Morgan fingerprint density at radius 1 is 1.32 bits per heavy atom. The normalized spacial score (nSPS) is 13.2. The fraction of sp³-hybridized carbons (Fsp3) is 0.462. The number of benzene rings is 1. The molecule has 0 heterocycles. The summed E-state index contributed by atoms with van der Waals surface area (Å²) in [6, 6.07) is 4.70. The van der Waals surface area contributed by atoms with E-state index in [-0.39, 0.29) is 11.3 Å². The summed E-state index contributed by atoms with van der Waals surface area (Å²) < 4.78 is 30.3. The Labute approximate surface area is 110 Å². The number of anilines is 1. The smallest absolute Gasteiger partial charge is 0.412 e. The summed E-state index contributed by atoms with van der Waals surface area (Å²) in [7, 11) is 0. The Kier molecular flexibility index (Phi) is 4.83. The Morgan fingerprint density at radius 3 is 2.42 bits per heavy atom. The number of halogens is 2. The Balaban J connectivity index is 2.87. The predicted octanol–water partition coefficient (Wildman–Crippen LogP) is 3.30. The van der Waals surface area contributed by atoms with Crippen LogP contribution in [0.3, 0.4) is 0 Å². The lowest BCUT2D eigenvalue weighted by Gasteiger charge is -2.21. The van der Waals surface area contributed by atoms with E-state index in [1.54, 1.807) is 32.9 Å². The van der Waals surface area contributed by atoms with E-state index in [9.17, 15) is 13.6 Å². The van der Waals surface area contributed by atoms with Crippen molar-refractivity contribution in [3.63, 3.8) is 0 Å². The second-order valence-corrected chi connectivity index (χ2v) is 5.07. The number of hydrogen-bond acceptors (Lipinski definition) is 3. The highest BCUT2D eigenvalue weighted by molar-refractivity contribution is 5.86. The van der Waals surface area contributed by atoms with E-state index in [0.29, 0.717) is 0 Å². The van der Waals surface area contributed by atoms with E-state index < -0.39 is 24.2 Å². The molecule has 1 aromatic rings. The van der Waals surface area contributed by atoms with Crippen molar-refractivity contribution in [3.8, 4) is 0 Å². The first-order valence-electron chi connectivity index (χ1n) is 5.83. The first kappa shape index (κ1) is 15.4. The molecule has 19 heavy (non-hydrogen) atoms. The van der Waals surface area contributed by atoms with Gasteiger partial charge in [0.1, 0.15) is 5.60 Å². The van der Waals surface area contributed by atoms with Gasteiger partial charge >= 0.3 is 6.09 Å². The van der Waals surface area contributed by atoms with Crippen molar-refractivity contribution in [2.24, 2.45) is 5.73 Å². The number of nitrogens with two attached hydrogens (primary N) is 1. The van der Waals surface area contributed by atoms with Crippen LogP contribution in [0.4, 0.5) is 19.3 Å². The van der Waals surface area contributed by atoms with Crippen LogP contribution in [-0.2, 0) is 4.74 Å². The van der Waals surface area contributed by atoms with Crippen molar-refractivity contribution < 1.29 is 18.3 Å². The molecule has 4 nitrogen and oxygen atoms in total. The summed E-state index contributed by atoms with van der Waals surface area (Å²) in [4.78, 5) is 11.6. The highest BCUT2D eigenvalue weighted by Gasteiger charge is 2.22. The molecule has 0 spiro atoms. The number of carbonyl (C=O) groups is 1. The minimum Gasteiger partial charge on any atom is -0.444 e. The molecule has 3 N–H and O–H groups in total. The first-order chi connectivity index (χ1) is 8.70. The van der Waals surface area contributed by atoms with Gasteiger partial charge in [-0.1, -0.05) is 18.2 Å². The molecule has 6 heteroatoms. The van der Waals surface area contributed by atoms with Gasteiger partial charge in [-0.15, -0.1) is 0 Å². The molecule has 0 aliphatic carbocycles. The largest absolute Gasteiger partial charge is 0.444 e. The molecule has 1 rings (SSSR count). The molecular formula is C13H18F2N2O2. The third-order valence-electron chi connectivity index (χ3n) is 2.23. The maximum absolute atomic E-state index is 12.6. The number of nitrogens with one attached hydrogen (secondary N) is 1. The molecule has 1 aromatic carbocycles. The molecule has 0 aliphatic heterocycles. The van der Waals surface area contributed by atoms with Crippen LogP contribution in [-0.4, -0.2) is 18.1 Å². The second kappa shape index (κ2) is 5.97. The number of amides is 1. The van der Waals surface area contributed by atoms with E-state index >= 15 is 0 Å². The number of rotatable bonds is 3. The lowest BCUT2D eigenvalue weighted by atomic mass is 10.1. The van der Waals surface area contributed by atoms with Gasteiger partial charge in [0.15, 0.2) is 0 Å². The summed E-state index contributed by atoms with van der Waals surface area (Å²) >= 11 is 0. The van der Waals surface area contributed by atoms with Crippen molar-refractivity contribution in [2.45, 2.75) is 38.8 Å². The Morgan fingerprint density at radius 2 is 1.89 bits per heavy atom. The van der Waals surface area contributed by atoms with Crippen molar-refractivity contribution in [1.82, 2.24) is 0 Å². The molecule has 1 amide bonds. The molecule has 0 bridgehead atoms. The molecule has 1 atom stereocenters.